The summed E-state index contributed by atoms with van der Waals surface area (Å²) in [6, 6.07) is 3.26. The van der Waals surface area contributed by atoms with Crippen LogP contribution in [0.5, 0.6) is 0 Å². The zero-order valence-corrected chi connectivity index (χ0v) is 10.9. The molecular weight excluding hydrogens is 414 g/mol. The van der Waals surface area contributed by atoms with E-state index in [1.807, 2.05) is 22.6 Å². The first-order valence-corrected chi connectivity index (χ1v) is 5.67. The minimum absolute atomic E-state index is 0.257. The second-order valence-electron chi connectivity index (χ2n) is 2.47. The second kappa shape index (κ2) is 3.65. The first-order chi connectivity index (χ1) is 6.59. The molecule has 0 aromatic heterocycles. The van der Waals surface area contributed by atoms with E-state index in [4.69, 9.17) is 8.83 Å². The molecule has 2 heterocycles. The molecule has 0 bridgehead atoms. The Labute approximate surface area is 105 Å². The fourth-order valence-corrected chi connectivity index (χ4v) is 1.97. The predicted octanol–water partition coefficient (Wildman–Crippen LogP) is 1.91. The highest BCUT2D eigenvalue weighted by Gasteiger charge is 2.17. The molecule has 0 N–H and O–H groups in total. The van der Waals surface area contributed by atoms with E-state index in [0.717, 1.165) is 0 Å². The van der Waals surface area contributed by atoms with Crippen molar-refractivity contribution in [1.82, 2.24) is 0 Å². The molecule has 0 radical (unpaired) electrons. The van der Waals surface area contributed by atoms with Crippen LogP contribution in [0.25, 0.3) is 11.5 Å². The topological polar surface area (TPSA) is 60.4 Å². The third-order valence-corrected chi connectivity index (χ3v) is 3.14. The molecule has 72 valence electrons. The summed E-state index contributed by atoms with van der Waals surface area (Å²) in [4.78, 5) is 22.2. The monoisotopic (exact) mass is 416 g/mol. The quantitative estimate of drug-likeness (QED) is 0.487. The summed E-state index contributed by atoms with van der Waals surface area (Å²) in [5, 5.41) is 0. The third kappa shape index (κ3) is 1.60. The van der Waals surface area contributed by atoms with Gasteiger partial charge in [0.2, 0.25) is 0 Å². The summed E-state index contributed by atoms with van der Waals surface area (Å²) in [6.45, 7) is 0. The van der Waals surface area contributed by atoms with Gasteiger partial charge in [0.25, 0.3) is 5.43 Å². The van der Waals surface area contributed by atoms with Gasteiger partial charge in [-0.3, -0.25) is 4.79 Å². The molecule has 2 aliphatic heterocycles. The van der Waals surface area contributed by atoms with Crippen LogP contribution in [0.2, 0.25) is 0 Å². The van der Waals surface area contributed by atoms with Gasteiger partial charge in [-0.25, -0.2) is 4.79 Å². The number of halogens is 2. The van der Waals surface area contributed by atoms with Gasteiger partial charge in [-0.2, -0.15) is 0 Å². The summed E-state index contributed by atoms with van der Waals surface area (Å²) < 4.78 is 10.9. The van der Waals surface area contributed by atoms with Crippen LogP contribution in [0, 0.1) is 7.34 Å². The average molecular weight is 416 g/mol. The van der Waals surface area contributed by atoms with Gasteiger partial charge in [-0.1, -0.05) is 0 Å². The van der Waals surface area contributed by atoms with E-state index in [1.165, 1.54) is 0 Å². The van der Waals surface area contributed by atoms with Gasteiger partial charge in [0.15, 0.2) is 15.3 Å². The first kappa shape index (κ1) is 10.1. The number of rotatable bonds is 0. The molecular formula is C8H2I2O4. The molecule has 0 aromatic rings. The van der Waals surface area contributed by atoms with Gasteiger partial charge in [0, 0.05) is 0 Å². The predicted molar refractivity (Wildman–Crippen MR) is 65.6 cm³/mol. The third-order valence-electron chi connectivity index (χ3n) is 1.58. The van der Waals surface area contributed by atoms with Crippen molar-refractivity contribution in [3.63, 3.8) is 0 Å². The molecule has 0 saturated carbocycles. The lowest BCUT2D eigenvalue weighted by Gasteiger charge is -2.03. The van der Waals surface area contributed by atoms with Gasteiger partial charge in [0.1, 0.15) is 3.57 Å². The smallest absolute Gasteiger partial charge is 0.385 e. The molecule has 0 saturated heterocycles. The van der Waals surface area contributed by atoms with E-state index in [0.29, 0.717) is 15.3 Å². The van der Waals surface area contributed by atoms with Crippen molar-refractivity contribution in [3.8, 4) is 11.5 Å². The molecule has 0 fully saturated rings. The number of hydrogen-bond donors (Lipinski definition) is 0. The summed E-state index contributed by atoms with van der Waals surface area (Å²) in [5.41, 5.74) is -1.53. The minimum Gasteiger partial charge on any atom is -0.446 e. The van der Waals surface area contributed by atoms with Crippen molar-refractivity contribution in [2.45, 2.75) is 0 Å². The maximum atomic E-state index is 11.2. The molecule has 14 heavy (non-hydrogen) atoms. The second-order valence-corrected chi connectivity index (χ2v) is 4.61. The Hall–Kier alpha value is -0.380. The van der Waals surface area contributed by atoms with Crippen LogP contribution in [-0.2, 0) is 0 Å². The molecule has 4 nitrogen and oxygen atoms in total. The van der Waals surface area contributed by atoms with Crippen molar-refractivity contribution < 1.29 is 8.83 Å². The van der Waals surface area contributed by atoms with Gasteiger partial charge < -0.3 is 8.83 Å². The van der Waals surface area contributed by atoms with Crippen LogP contribution in [0.15, 0.2) is 30.6 Å². The maximum Gasteiger partial charge on any atom is 0.385 e. The van der Waals surface area contributed by atoms with Crippen LogP contribution < -0.4 is 11.1 Å². The summed E-state index contributed by atoms with van der Waals surface area (Å²) in [7, 11) is 0. The van der Waals surface area contributed by atoms with Crippen LogP contribution in [0.3, 0.4) is 0 Å². The standard InChI is InChI=1S/C8H2I2O4/c9-4-2-1-3-7(14-4)5(10)6(11)8(12)13-3/h1-2H. The Morgan fingerprint density at radius 1 is 1.07 bits per heavy atom. The molecule has 0 aliphatic carbocycles. The molecule has 0 unspecified atom stereocenters. The van der Waals surface area contributed by atoms with Crippen LogP contribution >= 0.6 is 45.2 Å². The van der Waals surface area contributed by atoms with Crippen molar-refractivity contribution in [2.24, 2.45) is 0 Å². The molecule has 0 atom stereocenters. The fraction of sp³-hybridized carbons (Fsp3) is 0. The van der Waals surface area contributed by atoms with Crippen molar-refractivity contribution >= 4 is 45.2 Å². The summed E-state index contributed by atoms with van der Waals surface area (Å²) in [5.74, 6) is 0.613. The van der Waals surface area contributed by atoms with E-state index >= 15 is 0 Å². The fourth-order valence-electron chi connectivity index (χ4n) is 0.971. The lowest BCUT2D eigenvalue weighted by Crippen LogP contribution is -2.26. The van der Waals surface area contributed by atoms with Crippen molar-refractivity contribution in [1.29, 1.82) is 0 Å². The zero-order chi connectivity index (χ0) is 10.3. The highest BCUT2D eigenvalue weighted by molar-refractivity contribution is 14.1. The van der Waals surface area contributed by atoms with Crippen LogP contribution in [-0.4, -0.2) is 0 Å². The zero-order valence-electron chi connectivity index (χ0n) is 6.54. The lowest BCUT2D eigenvalue weighted by molar-refractivity contribution is 0.456. The van der Waals surface area contributed by atoms with E-state index < -0.39 is 11.1 Å². The summed E-state index contributed by atoms with van der Waals surface area (Å²) in [6.07, 6.45) is 0. The molecule has 6 heteroatoms. The average Bonchev–Trinajstić information content (AvgIpc) is 2.16. The highest BCUT2D eigenvalue weighted by atomic mass is 127. The van der Waals surface area contributed by atoms with Crippen LogP contribution in [0.4, 0.5) is 0 Å². The van der Waals surface area contributed by atoms with E-state index in [9.17, 15) is 9.59 Å². The van der Waals surface area contributed by atoms with E-state index in [1.54, 1.807) is 34.7 Å². The largest absolute Gasteiger partial charge is 0.446 e. The van der Waals surface area contributed by atoms with Gasteiger partial charge in [0.05, 0.1) is 0 Å². The van der Waals surface area contributed by atoms with E-state index in [-0.39, 0.29) is 3.57 Å². The van der Waals surface area contributed by atoms with Gasteiger partial charge in [-0.15, -0.1) is 0 Å². The van der Waals surface area contributed by atoms with Crippen LogP contribution in [0.1, 0.15) is 0 Å². The Kier molecular flexibility index (Phi) is 2.64. The minimum atomic E-state index is -0.863. The maximum absolute atomic E-state index is 11.2. The summed E-state index contributed by atoms with van der Waals surface area (Å²) >= 11 is 3.75. The Morgan fingerprint density at radius 3 is 2.50 bits per heavy atom. The SMILES string of the molecule is O=c1oc2ccc(I)oc-2c(I)c1=O. The van der Waals surface area contributed by atoms with Crippen molar-refractivity contribution in [3.05, 3.63) is 40.1 Å². The Bertz CT molecular complexity index is 569. The molecule has 0 amide bonds. The molecule has 0 aromatic carbocycles. The molecule has 2 rings (SSSR count). The number of fused-ring (bicyclic) bond motifs is 1. The lowest BCUT2D eigenvalue weighted by atomic mass is 10.3. The Morgan fingerprint density at radius 2 is 1.79 bits per heavy atom. The number of hydrogen-bond acceptors (Lipinski definition) is 4. The van der Waals surface area contributed by atoms with Crippen molar-refractivity contribution in [2.75, 3.05) is 0 Å². The Balaban J connectivity index is 3.00. The molecule has 0 spiro atoms. The normalized spacial score (nSPS) is 10.7. The highest BCUT2D eigenvalue weighted by Crippen LogP contribution is 2.25. The van der Waals surface area contributed by atoms with E-state index in [2.05, 4.69) is 0 Å². The van der Waals surface area contributed by atoms with Gasteiger partial charge >= 0.3 is 5.63 Å². The first-order valence-electron chi connectivity index (χ1n) is 3.51. The molecule has 2 aliphatic rings. The van der Waals surface area contributed by atoms with Gasteiger partial charge in [-0.05, 0) is 57.3 Å².